The number of ether oxygens (including phenoxy) is 1. The lowest BCUT2D eigenvalue weighted by Gasteiger charge is -2.26. The van der Waals surface area contributed by atoms with Gasteiger partial charge in [-0.2, -0.15) is 0 Å². The van der Waals surface area contributed by atoms with E-state index >= 15 is 0 Å². The first-order valence-corrected chi connectivity index (χ1v) is 6.93. The molecule has 1 heterocycles. The molecular weight excluding hydrogens is 226 g/mol. The summed E-state index contributed by atoms with van der Waals surface area (Å²) in [5.74, 6) is 0.915. The predicted octanol–water partition coefficient (Wildman–Crippen LogP) is 2.32. The minimum absolute atomic E-state index is 0.323. The van der Waals surface area contributed by atoms with E-state index in [4.69, 9.17) is 10.5 Å². The van der Waals surface area contributed by atoms with Crippen molar-refractivity contribution < 1.29 is 4.74 Å². The SMILES string of the molecule is COC1CCCC1n1cncc1C(CN)C(C)C. The summed E-state index contributed by atoms with van der Waals surface area (Å²) in [6, 6.07) is 0.431. The molecule has 0 spiro atoms. The topological polar surface area (TPSA) is 53.1 Å². The van der Waals surface area contributed by atoms with Gasteiger partial charge in [0.1, 0.15) is 0 Å². The van der Waals surface area contributed by atoms with Crippen molar-refractivity contribution in [3.8, 4) is 0 Å². The molecule has 4 heteroatoms. The van der Waals surface area contributed by atoms with Crippen molar-refractivity contribution in [1.82, 2.24) is 9.55 Å². The Morgan fingerprint density at radius 1 is 1.50 bits per heavy atom. The van der Waals surface area contributed by atoms with E-state index in [2.05, 4.69) is 23.4 Å². The van der Waals surface area contributed by atoms with Crippen LogP contribution in [0, 0.1) is 5.92 Å². The zero-order chi connectivity index (χ0) is 13.1. The molecule has 1 aromatic heterocycles. The second-order valence-electron chi connectivity index (χ2n) is 5.58. The highest BCUT2D eigenvalue weighted by molar-refractivity contribution is 5.10. The summed E-state index contributed by atoms with van der Waals surface area (Å²) < 4.78 is 7.90. The van der Waals surface area contributed by atoms with Crippen molar-refractivity contribution in [2.45, 2.75) is 51.2 Å². The van der Waals surface area contributed by atoms with Crippen molar-refractivity contribution in [1.29, 1.82) is 0 Å². The van der Waals surface area contributed by atoms with Crippen LogP contribution in [0.2, 0.25) is 0 Å². The molecular formula is C14H25N3O. The van der Waals surface area contributed by atoms with Gasteiger partial charge in [-0.1, -0.05) is 13.8 Å². The Bertz CT molecular complexity index is 375. The van der Waals surface area contributed by atoms with Gasteiger partial charge in [-0.05, 0) is 25.2 Å². The van der Waals surface area contributed by atoms with Crippen LogP contribution >= 0.6 is 0 Å². The molecule has 2 N–H and O–H groups in total. The summed E-state index contributed by atoms with van der Waals surface area (Å²) in [4.78, 5) is 4.34. The average molecular weight is 251 g/mol. The van der Waals surface area contributed by atoms with Gasteiger partial charge in [0.05, 0.1) is 18.5 Å². The highest BCUT2D eigenvalue weighted by atomic mass is 16.5. The molecule has 1 aromatic rings. The Balaban J connectivity index is 2.26. The van der Waals surface area contributed by atoms with Crippen molar-refractivity contribution in [3.63, 3.8) is 0 Å². The van der Waals surface area contributed by atoms with Crippen LogP contribution in [0.4, 0.5) is 0 Å². The van der Waals surface area contributed by atoms with E-state index in [1.165, 1.54) is 18.5 Å². The van der Waals surface area contributed by atoms with Gasteiger partial charge in [0.25, 0.3) is 0 Å². The van der Waals surface area contributed by atoms with Crippen LogP contribution < -0.4 is 5.73 Å². The second kappa shape index (κ2) is 5.85. The molecule has 0 aliphatic heterocycles. The van der Waals surface area contributed by atoms with Crippen molar-refractivity contribution in [2.24, 2.45) is 11.7 Å². The summed E-state index contributed by atoms with van der Waals surface area (Å²) in [5, 5.41) is 0. The smallest absolute Gasteiger partial charge is 0.0951 e. The second-order valence-corrected chi connectivity index (χ2v) is 5.58. The van der Waals surface area contributed by atoms with Gasteiger partial charge >= 0.3 is 0 Å². The molecule has 3 atom stereocenters. The number of imidazole rings is 1. The zero-order valence-electron chi connectivity index (χ0n) is 11.7. The van der Waals surface area contributed by atoms with E-state index in [0.717, 1.165) is 6.42 Å². The predicted molar refractivity (Wildman–Crippen MR) is 72.5 cm³/mol. The molecule has 1 saturated carbocycles. The average Bonchev–Trinajstić information content (AvgIpc) is 2.96. The summed E-state index contributed by atoms with van der Waals surface area (Å²) in [5.41, 5.74) is 7.19. The minimum atomic E-state index is 0.323. The van der Waals surface area contributed by atoms with Gasteiger partial charge in [-0.3, -0.25) is 0 Å². The summed E-state index contributed by atoms with van der Waals surface area (Å²) in [7, 11) is 1.81. The van der Waals surface area contributed by atoms with Crippen molar-refractivity contribution >= 4 is 0 Å². The lowest BCUT2D eigenvalue weighted by Crippen LogP contribution is -2.26. The van der Waals surface area contributed by atoms with Gasteiger partial charge in [-0.25, -0.2) is 4.98 Å². The highest BCUT2D eigenvalue weighted by Crippen LogP contribution is 2.35. The lowest BCUT2D eigenvalue weighted by molar-refractivity contribution is 0.0735. The number of hydrogen-bond acceptors (Lipinski definition) is 3. The summed E-state index contributed by atoms with van der Waals surface area (Å²) in [6.07, 6.45) is 7.80. The maximum atomic E-state index is 5.93. The summed E-state index contributed by atoms with van der Waals surface area (Å²) in [6.45, 7) is 5.11. The Hall–Kier alpha value is -0.870. The van der Waals surface area contributed by atoms with Crippen LogP contribution in [0.5, 0.6) is 0 Å². The Morgan fingerprint density at radius 2 is 2.28 bits per heavy atom. The van der Waals surface area contributed by atoms with Crippen LogP contribution in [0.15, 0.2) is 12.5 Å². The van der Waals surface area contributed by atoms with Gasteiger partial charge in [0.2, 0.25) is 0 Å². The number of nitrogens with two attached hydrogens (primary N) is 1. The van der Waals surface area contributed by atoms with Gasteiger partial charge in [0, 0.05) is 31.5 Å². The van der Waals surface area contributed by atoms with Crippen LogP contribution in [0.1, 0.15) is 50.8 Å². The number of aromatic nitrogens is 2. The third-order valence-electron chi connectivity index (χ3n) is 4.21. The van der Waals surface area contributed by atoms with E-state index in [0.29, 0.717) is 30.5 Å². The van der Waals surface area contributed by atoms with Crippen molar-refractivity contribution in [3.05, 3.63) is 18.2 Å². The standard InChI is InChI=1S/C14H25N3O/c1-10(2)11(7-15)13-8-16-9-17(13)12-5-4-6-14(12)18-3/h8-12,14H,4-7,15H2,1-3H3. The summed E-state index contributed by atoms with van der Waals surface area (Å²) >= 11 is 0. The molecule has 0 amide bonds. The molecule has 3 unspecified atom stereocenters. The molecule has 0 radical (unpaired) electrons. The molecule has 4 nitrogen and oxygen atoms in total. The van der Waals surface area contributed by atoms with Gasteiger partial charge < -0.3 is 15.0 Å². The molecule has 0 bridgehead atoms. The first kappa shape index (κ1) is 13.6. The van der Waals surface area contributed by atoms with E-state index in [1.54, 1.807) is 0 Å². The first-order chi connectivity index (χ1) is 8.69. The largest absolute Gasteiger partial charge is 0.379 e. The van der Waals surface area contributed by atoms with E-state index < -0.39 is 0 Å². The van der Waals surface area contributed by atoms with Gasteiger partial charge in [0.15, 0.2) is 0 Å². The first-order valence-electron chi connectivity index (χ1n) is 6.93. The molecule has 1 aliphatic carbocycles. The van der Waals surface area contributed by atoms with Crippen LogP contribution in [0.25, 0.3) is 0 Å². The molecule has 0 saturated heterocycles. The number of methoxy groups -OCH3 is 1. The minimum Gasteiger partial charge on any atom is -0.379 e. The van der Waals surface area contributed by atoms with Crippen LogP contribution in [-0.4, -0.2) is 29.3 Å². The molecule has 102 valence electrons. The van der Waals surface area contributed by atoms with Crippen LogP contribution in [-0.2, 0) is 4.74 Å². The third kappa shape index (κ3) is 2.45. The Morgan fingerprint density at radius 3 is 2.89 bits per heavy atom. The molecule has 0 aromatic carbocycles. The van der Waals surface area contributed by atoms with Gasteiger partial charge in [-0.15, -0.1) is 0 Å². The lowest BCUT2D eigenvalue weighted by atomic mass is 9.92. The fraction of sp³-hybridized carbons (Fsp3) is 0.786. The fourth-order valence-electron chi connectivity index (χ4n) is 3.11. The molecule has 1 aliphatic rings. The molecule has 1 fully saturated rings. The van der Waals surface area contributed by atoms with Crippen LogP contribution in [0.3, 0.4) is 0 Å². The number of hydrogen-bond donors (Lipinski definition) is 1. The Labute approximate surface area is 110 Å². The normalized spacial score (nSPS) is 25.8. The zero-order valence-corrected chi connectivity index (χ0v) is 11.7. The van der Waals surface area contributed by atoms with E-state index in [-0.39, 0.29) is 0 Å². The molecule has 18 heavy (non-hydrogen) atoms. The fourth-order valence-corrected chi connectivity index (χ4v) is 3.11. The monoisotopic (exact) mass is 251 g/mol. The van der Waals surface area contributed by atoms with E-state index in [1.807, 2.05) is 19.6 Å². The maximum absolute atomic E-state index is 5.93. The Kier molecular flexibility index (Phi) is 4.40. The highest BCUT2D eigenvalue weighted by Gasteiger charge is 2.31. The van der Waals surface area contributed by atoms with Crippen molar-refractivity contribution in [2.75, 3.05) is 13.7 Å². The molecule has 2 rings (SSSR count). The maximum Gasteiger partial charge on any atom is 0.0951 e. The van der Waals surface area contributed by atoms with E-state index in [9.17, 15) is 0 Å². The number of nitrogens with zero attached hydrogens (tertiary/aromatic N) is 2. The quantitative estimate of drug-likeness (QED) is 0.873. The third-order valence-corrected chi connectivity index (χ3v) is 4.21. The number of rotatable bonds is 5.